The first-order valence-corrected chi connectivity index (χ1v) is 9.71. The topological polar surface area (TPSA) is 64.7 Å². The highest BCUT2D eigenvalue weighted by molar-refractivity contribution is 6.30. The first-order valence-electron chi connectivity index (χ1n) is 9.33. The van der Waals surface area contributed by atoms with Crippen molar-refractivity contribution in [1.82, 2.24) is 19.6 Å². The minimum atomic E-state index is -3.06. The number of aryl methyl sites for hydroxylation is 1. The molecule has 0 saturated heterocycles. The summed E-state index contributed by atoms with van der Waals surface area (Å²) in [6.07, 6.45) is -6.08. The summed E-state index contributed by atoms with van der Waals surface area (Å²) in [5, 5.41) is 11.2. The van der Waals surface area contributed by atoms with Crippen molar-refractivity contribution >= 4 is 23.2 Å². The van der Waals surface area contributed by atoms with Gasteiger partial charge in [-0.25, -0.2) is 17.6 Å². The smallest absolute Gasteiger partial charge is 0.282 e. The molecule has 0 fully saturated rings. The van der Waals surface area contributed by atoms with Crippen LogP contribution in [0.5, 0.6) is 0 Å². The molecule has 0 radical (unpaired) electrons. The quantitative estimate of drug-likeness (QED) is 0.478. The molecule has 0 aliphatic carbocycles. The van der Waals surface area contributed by atoms with Crippen molar-refractivity contribution < 1.29 is 22.4 Å². The van der Waals surface area contributed by atoms with Crippen LogP contribution in [-0.2, 0) is 11.3 Å². The number of halogens is 5. The Balaban J connectivity index is 1.83. The lowest BCUT2D eigenvalue weighted by molar-refractivity contribution is -0.119. The van der Waals surface area contributed by atoms with E-state index in [1.807, 2.05) is 12.1 Å². The number of benzene rings is 1. The van der Waals surface area contributed by atoms with Gasteiger partial charge in [-0.05, 0) is 44.5 Å². The molecule has 0 saturated carbocycles. The molecule has 1 amide bonds. The zero-order chi connectivity index (χ0) is 22.9. The molecule has 0 aliphatic rings. The molecule has 2 aromatic heterocycles. The van der Waals surface area contributed by atoms with Crippen molar-refractivity contribution in [2.75, 3.05) is 5.32 Å². The van der Waals surface area contributed by atoms with Gasteiger partial charge in [0, 0.05) is 5.02 Å². The Morgan fingerprint density at radius 1 is 1.13 bits per heavy atom. The summed E-state index contributed by atoms with van der Waals surface area (Å²) >= 11 is 6.01. The number of anilines is 1. The molecule has 6 nitrogen and oxygen atoms in total. The molecule has 0 bridgehead atoms. The summed E-state index contributed by atoms with van der Waals surface area (Å²) in [6, 6.07) is 6.61. The molecule has 1 N–H and O–H groups in total. The van der Waals surface area contributed by atoms with Gasteiger partial charge in [0.15, 0.2) is 0 Å². The standard InChI is InChI=1S/C20H20ClF4N5O/c1-10-17(11(2)29(27-10)9-13-5-4-6-14(21)7-13)26-20(31)12(3)30-16(19(24)25)8-15(28-30)18(22)23/h4-8,12,18-19H,9H2,1-3H3,(H,26,31). The second kappa shape index (κ2) is 9.09. The Bertz CT molecular complexity index is 1100. The number of nitrogens with one attached hydrogen (secondary N) is 1. The molecule has 0 aliphatic heterocycles. The largest absolute Gasteiger partial charge is 0.321 e. The van der Waals surface area contributed by atoms with Crippen LogP contribution < -0.4 is 5.32 Å². The maximum atomic E-state index is 13.3. The summed E-state index contributed by atoms with van der Waals surface area (Å²) in [6.45, 7) is 5.16. The van der Waals surface area contributed by atoms with Crippen molar-refractivity contribution in [1.29, 1.82) is 0 Å². The van der Waals surface area contributed by atoms with E-state index < -0.39 is 36.2 Å². The zero-order valence-corrected chi connectivity index (χ0v) is 17.7. The molecule has 0 spiro atoms. The van der Waals surface area contributed by atoms with Gasteiger partial charge in [-0.3, -0.25) is 14.2 Å². The lowest BCUT2D eigenvalue weighted by Crippen LogP contribution is -2.26. The number of aromatic nitrogens is 4. The fourth-order valence-corrected chi connectivity index (χ4v) is 3.40. The van der Waals surface area contributed by atoms with E-state index in [-0.39, 0.29) is 0 Å². The van der Waals surface area contributed by atoms with E-state index in [4.69, 9.17) is 11.6 Å². The van der Waals surface area contributed by atoms with Crippen LogP contribution in [0.3, 0.4) is 0 Å². The monoisotopic (exact) mass is 457 g/mol. The Morgan fingerprint density at radius 3 is 2.45 bits per heavy atom. The summed E-state index contributed by atoms with van der Waals surface area (Å²) in [4.78, 5) is 12.7. The highest BCUT2D eigenvalue weighted by Gasteiger charge is 2.28. The van der Waals surface area contributed by atoms with E-state index in [2.05, 4.69) is 15.5 Å². The number of hydrogen-bond acceptors (Lipinski definition) is 3. The van der Waals surface area contributed by atoms with Crippen molar-refractivity contribution in [3.8, 4) is 0 Å². The number of carbonyl (C=O) groups is 1. The van der Waals surface area contributed by atoms with Crippen molar-refractivity contribution in [3.05, 3.63) is 63.7 Å². The van der Waals surface area contributed by atoms with Gasteiger partial charge in [0.2, 0.25) is 5.91 Å². The van der Waals surface area contributed by atoms with Crippen molar-refractivity contribution in [2.45, 2.75) is 46.2 Å². The Labute approximate surface area is 180 Å². The van der Waals surface area contributed by atoms with Gasteiger partial charge in [-0.1, -0.05) is 23.7 Å². The first-order chi connectivity index (χ1) is 14.6. The summed E-state index contributed by atoms with van der Waals surface area (Å²) in [5.74, 6) is -0.681. The normalized spacial score (nSPS) is 12.6. The molecular formula is C20H20ClF4N5O. The van der Waals surface area contributed by atoms with E-state index in [1.165, 1.54) is 6.92 Å². The van der Waals surface area contributed by atoms with E-state index in [1.54, 1.807) is 30.7 Å². The van der Waals surface area contributed by atoms with Crippen LogP contribution in [-0.4, -0.2) is 25.5 Å². The fraction of sp³-hybridized carbons (Fsp3) is 0.350. The highest BCUT2D eigenvalue weighted by atomic mass is 35.5. The maximum Gasteiger partial charge on any atom is 0.282 e. The highest BCUT2D eigenvalue weighted by Crippen LogP contribution is 2.28. The number of nitrogens with zero attached hydrogens (tertiary/aromatic N) is 4. The second-order valence-corrected chi connectivity index (χ2v) is 7.48. The SMILES string of the molecule is Cc1nn(Cc2cccc(Cl)c2)c(C)c1NC(=O)C(C)n1nc(C(F)F)cc1C(F)F. The Hall–Kier alpha value is -2.88. The Morgan fingerprint density at radius 2 is 1.84 bits per heavy atom. The summed E-state index contributed by atoms with van der Waals surface area (Å²) in [7, 11) is 0. The summed E-state index contributed by atoms with van der Waals surface area (Å²) in [5.41, 5.74) is 0.921. The van der Waals surface area contributed by atoms with Gasteiger partial charge in [0.25, 0.3) is 12.9 Å². The number of rotatable bonds is 7. The van der Waals surface area contributed by atoms with E-state index in [0.717, 1.165) is 5.56 Å². The van der Waals surface area contributed by atoms with Gasteiger partial charge in [-0.15, -0.1) is 0 Å². The zero-order valence-electron chi connectivity index (χ0n) is 16.9. The van der Waals surface area contributed by atoms with Gasteiger partial charge in [-0.2, -0.15) is 10.2 Å². The van der Waals surface area contributed by atoms with Crippen molar-refractivity contribution in [3.63, 3.8) is 0 Å². The van der Waals surface area contributed by atoms with Gasteiger partial charge in [0.05, 0.1) is 23.6 Å². The van der Waals surface area contributed by atoms with Crippen LogP contribution in [0.15, 0.2) is 30.3 Å². The van der Waals surface area contributed by atoms with Crippen LogP contribution in [0.4, 0.5) is 23.2 Å². The maximum absolute atomic E-state index is 13.3. The fourth-order valence-electron chi connectivity index (χ4n) is 3.19. The number of hydrogen-bond donors (Lipinski definition) is 1. The molecule has 31 heavy (non-hydrogen) atoms. The van der Waals surface area contributed by atoms with E-state index >= 15 is 0 Å². The average molecular weight is 458 g/mol. The molecule has 3 rings (SSSR count). The number of amides is 1. The van der Waals surface area contributed by atoms with Crippen LogP contribution >= 0.6 is 11.6 Å². The Kier molecular flexibility index (Phi) is 6.68. The molecule has 1 aromatic carbocycles. The molecule has 11 heteroatoms. The third-order valence-electron chi connectivity index (χ3n) is 4.83. The van der Waals surface area contributed by atoms with Gasteiger partial charge in [0.1, 0.15) is 17.4 Å². The lowest BCUT2D eigenvalue weighted by Gasteiger charge is -2.16. The number of carbonyl (C=O) groups excluding carboxylic acids is 1. The minimum Gasteiger partial charge on any atom is -0.321 e. The van der Waals surface area contributed by atoms with Crippen LogP contribution in [0.2, 0.25) is 5.02 Å². The molecule has 3 aromatic rings. The van der Waals surface area contributed by atoms with E-state index in [9.17, 15) is 22.4 Å². The third-order valence-corrected chi connectivity index (χ3v) is 5.06. The van der Waals surface area contributed by atoms with Crippen LogP contribution in [0, 0.1) is 13.8 Å². The predicted octanol–water partition coefficient (Wildman–Crippen LogP) is 5.47. The van der Waals surface area contributed by atoms with E-state index in [0.29, 0.717) is 39.4 Å². The minimum absolute atomic E-state index is 0.408. The molecule has 1 unspecified atom stereocenters. The summed E-state index contributed by atoms with van der Waals surface area (Å²) < 4.78 is 54.6. The molecular weight excluding hydrogens is 438 g/mol. The predicted molar refractivity (Wildman–Crippen MR) is 108 cm³/mol. The molecule has 166 valence electrons. The van der Waals surface area contributed by atoms with Crippen LogP contribution in [0.1, 0.15) is 54.2 Å². The van der Waals surface area contributed by atoms with Crippen molar-refractivity contribution in [2.24, 2.45) is 0 Å². The van der Waals surface area contributed by atoms with Gasteiger partial charge >= 0.3 is 0 Å². The third kappa shape index (κ3) is 4.90. The van der Waals surface area contributed by atoms with Gasteiger partial charge < -0.3 is 5.32 Å². The second-order valence-electron chi connectivity index (χ2n) is 7.04. The number of alkyl halides is 4. The lowest BCUT2D eigenvalue weighted by atomic mass is 10.2. The molecule has 1 atom stereocenters. The average Bonchev–Trinajstić information content (AvgIpc) is 3.25. The molecule has 2 heterocycles. The van der Waals surface area contributed by atoms with Crippen LogP contribution in [0.25, 0.3) is 0 Å². The first kappa shape index (κ1) is 22.8.